The average molecular weight is 341 g/mol. The number of nitrogens with zero attached hydrogens (tertiary/aromatic N) is 1. The Morgan fingerprint density at radius 1 is 1.41 bits per heavy atom. The Bertz CT molecular complexity index is 733. The Balaban J connectivity index is 2.23. The monoisotopic (exact) mass is 340 g/mol. The molecule has 0 heterocycles. The van der Waals surface area contributed by atoms with E-state index in [1.54, 1.807) is 24.3 Å². The van der Waals surface area contributed by atoms with Gasteiger partial charge in [0.25, 0.3) is 0 Å². The molecule has 1 aromatic rings. The summed E-state index contributed by atoms with van der Waals surface area (Å²) in [5.74, 6) is -0.689. The van der Waals surface area contributed by atoms with Crippen LogP contribution in [0.3, 0.4) is 0 Å². The van der Waals surface area contributed by atoms with Crippen LogP contribution in [0.4, 0.5) is 0 Å². The van der Waals surface area contributed by atoms with E-state index in [0.717, 1.165) is 0 Å². The minimum Gasteiger partial charge on any atom is -0.335 e. The maximum Gasteiger partial charge on any atom is 0.242 e. The molecule has 5 nitrogen and oxygen atoms in total. The lowest BCUT2D eigenvalue weighted by Gasteiger charge is -2.25. The standard InChI is InChI=1S/C15H17ClN2O3S/c1-15(2,22(20,21)10-7-8-10)14(19)18-13(9-17)11-5-3-4-6-12(11)16/h3-6,10,13H,7-8H2,1-2H3,(H,18,19)/t13-/m0/s1. The van der Waals surface area contributed by atoms with Gasteiger partial charge in [0.2, 0.25) is 5.91 Å². The SMILES string of the molecule is CC(C)(C(=O)N[C@@H](C#N)c1ccccc1Cl)S(=O)(=O)C1CC1. The van der Waals surface area contributed by atoms with Gasteiger partial charge in [-0.1, -0.05) is 29.8 Å². The molecule has 22 heavy (non-hydrogen) atoms. The van der Waals surface area contributed by atoms with E-state index in [4.69, 9.17) is 11.6 Å². The lowest BCUT2D eigenvalue weighted by atomic mass is 10.1. The molecule has 2 rings (SSSR count). The minimum absolute atomic E-state index is 0.345. The van der Waals surface area contributed by atoms with Gasteiger partial charge in [-0.25, -0.2) is 8.42 Å². The predicted octanol–water partition coefficient (Wildman–Crippen LogP) is 2.38. The molecule has 1 atom stereocenters. The highest BCUT2D eigenvalue weighted by Crippen LogP contribution is 2.36. The first kappa shape index (κ1) is 16.8. The largest absolute Gasteiger partial charge is 0.335 e. The molecule has 1 aliphatic rings. The number of hydrogen-bond acceptors (Lipinski definition) is 4. The smallest absolute Gasteiger partial charge is 0.242 e. The second-order valence-corrected chi connectivity index (χ2v) is 9.00. The fourth-order valence-electron chi connectivity index (χ4n) is 2.12. The summed E-state index contributed by atoms with van der Waals surface area (Å²) >= 11 is 6.03. The molecule has 1 fully saturated rings. The molecule has 1 N–H and O–H groups in total. The number of nitriles is 1. The number of carbonyl (C=O) groups excluding carboxylic acids is 1. The second kappa shape index (κ2) is 5.90. The van der Waals surface area contributed by atoms with E-state index in [1.165, 1.54) is 13.8 Å². The normalized spacial score (nSPS) is 16.6. The van der Waals surface area contributed by atoms with Gasteiger partial charge in [0.05, 0.1) is 11.3 Å². The quantitative estimate of drug-likeness (QED) is 0.891. The van der Waals surface area contributed by atoms with Crippen LogP contribution in [0.15, 0.2) is 24.3 Å². The zero-order valence-corrected chi connectivity index (χ0v) is 13.9. The predicted molar refractivity (Wildman–Crippen MR) is 84.0 cm³/mol. The van der Waals surface area contributed by atoms with Crippen LogP contribution < -0.4 is 5.32 Å². The minimum atomic E-state index is -3.57. The fourth-order valence-corrected chi connectivity index (χ4v) is 4.27. The molecule has 118 valence electrons. The van der Waals surface area contributed by atoms with Gasteiger partial charge in [-0.15, -0.1) is 0 Å². The number of hydrogen-bond donors (Lipinski definition) is 1. The lowest BCUT2D eigenvalue weighted by molar-refractivity contribution is -0.123. The van der Waals surface area contributed by atoms with Crippen LogP contribution in [0.5, 0.6) is 0 Å². The topological polar surface area (TPSA) is 87.0 Å². The molecule has 0 saturated heterocycles. The van der Waals surface area contributed by atoms with Crippen LogP contribution in [0, 0.1) is 11.3 Å². The second-order valence-electron chi connectivity index (χ2n) is 5.81. The first-order valence-electron chi connectivity index (χ1n) is 6.90. The zero-order chi connectivity index (χ0) is 16.5. The van der Waals surface area contributed by atoms with Gasteiger partial charge in [0.15, 0.2) is 9.84 Å². The Morgan fingerprint density at radius 2 is 2.00 bits per heavy atom. The summed E-state index contributed by atoms with van der Waals surface area (Å²) in [6.07, 6.45) is 1.18. The van der Waals surface area contributed by atoms with E-state index in [1.807, 2.05) is 6.07 Å². The highest BCUT2D eigenvalue weighted by molar-refractivity contribution is 7.94. The summed E-state index contributed by atoms with van der Waals surface area (Å²) in [5.41, 5.74) is 0.444. The van der Waals surface area contributed by atoms with Gasteiger partial charge in [0, 0.05) is 10.6 Å². The van der Waals surface area contributed by atoms with Crippen molar-refractivity contribution >= 4 is 27.3 Å². The molecule has 0 aliphatic heterocycles. The van der Waals surface area contributed by atoms with Crippen molar-refractivity contribution in [3.63, 3.8) is 0 Å². The summed E-state index contributed by atoms with van der Waals surface area (Å²) in [7, 11) is -3.57. The molecule has 0 bridgehead atoms. The Morgan fingerprint density at radius 3 is 2.50 bits per heavy atom. The lowest BCUT2D eigenvalue weighted by Crippen LogP contribution is -2.50. The summed E-state index contributed by atoms with van der Waals surface area (Å²) in [5, 5.41) is 11.7. The van der Waals surface area contributed by atoms with Crippen molar-refractivity contribution in [3.05, 3.63) is 34.9 Å². The van der Waals surface area contributed by atoms with Crippen LogP contribution in [-0.4, -0.2) is 24.3 Å². The van der Waals surface area contributed by atoms with E-state index >= 15 is 0 Å². The first-order chi connectivity index (χ1) is 10.2. The van der Waals surface area contributed by atoms with Gasteiger partial charge in [0.1, 0.15) is 10.8 Å². The Hall–Kier alpha value is -1.58. The van der Waals surface area contributed by atoms with Crippen molar-refractivity contribution in [2.45, 2.75) is 42.7 Å². The van der Waals surface area contributed by atoms with E-state index in [-0.39, 0.29) is 0 Å². The maximum absolute atomic E-state index is 12.4. The van der Waals surface area contributed by atoms with Gasteiger partial charge in [-0.05, 0) is 32.8 Å². The van der Waals surface area contributed by atoms with E-state index in [2.05, 4.69) is 5.32 Å². The van der Waals surface area contributed by atoms with Crippen LogP contribution in [0.2, 0.25) is 5.02 Å². The number of halogens is 1. The molecule has 0 aromatic heterocycles. The van der Waals surface area contributed by atoms with Crippen molar-refractivity contribution in [2.75, 3.05) is 0 Å². The molecule has 0 radical (unpaired) electrons. The number of sulfone groups is 1. The molecule has 7 heteroatoms. The maximum atomic E-state index is 12.4. The molecular formula is C15H17ClN2O3S. The summed E-state index contributed by atoms with van der Waals surface area (Å²) in [4.78, 5) is 12.4. The molecule has 1 amide bonds. The average Bonchev–Trinajstić information content (AvgIpc) is 3.30. The third-order valence-corrected chi connectivity index (χ3v) is 7.14. The number of nitrogens with one attached hydrogen (secondary N) is 1. The molecule has 1 aromatic carbocycles. The van der Waals surface area contributed by atoms with Crippen LogP contribution in [0.25, 0.3) is 0 Å². The molecular weight excluding hydrogens is 324 g/mol. The summed E-state index contributed by atoms with van der Waals surface area (Å²) in [6, 6.07) is 7.60. The third kappa shape index (κ3) is 2.96. The molecule has 1 aliphatic carbocycles. The highest BCUT2D eigenvalue weighted by atomic mass is 35.5. The van der Waals surface area contributed by atoms with Gasteiger partial charge in [-0.2, -0.15) is 5.26 Å². The third-order valence-electron chi connectivity index (χ3n) is 3.84. The van der Waals surface area contributed by atoms with Crippen molar-refractivity contribution in [1.82, 2.24) is 5.32 Å². The van der Waals surface area contributed by atoms with Crippen LogP contribution in [0.1, 0.15) is 38.3 Å². The molecule has 0 unspecified atom stereocenters. The van der Waals surface area contributed by atoms with Crippen molar-refractivity contribution < 1.29 is 13.2 Å². The highest BCUT2D eigenvalue weighted by Gasteiger charge is 2.50. The number of benzene rings is 1. The van der Waals surface area contributed by atoms with E-state index in [9.17, 15) is 18.5 Å². The van der Waals surface area contributed by atoms with E-state index < -0.39 is 31.8 Å². The van der Waals surface area contributed by atoms with Crippen LogP contribution in [-0.2, 0) is 14.6 Å². The summed E-state index contributed by atoms with van der Waals surface area (Å²) < 4.78 is 23.1. The zero-order valence-electron chi connectivity index (χ0n) is 12.3. The van der Waals surface area contributed by atoms with Crippen molar-refractivity contribution in [3.8, 4) is 6.07 Å². The van der Waals surface area contributed by atoms with Crippen molar-refractivity contribution in [2.24, 2.45) is 0 Å². The first-order valence-corrected chi connectivity index (χ1v) is 8.82. The van der Waals surface area contributed by atoms with Gasteiger partial charge >= 0.3 is 0 Å². The van der Waals surface area contributed by atoms with E-state index in [0.29, 0.717) is 23.4 Å². The Labute approximate surface area is 135 Å². The molecule has 0 spiro atoms. The van der Waals surface area contributed by atoms with Crippen molar-refractivity contribution in [1.29, 1.82) is 5.26 Å². The number of amides is 1. The summed E-state index contributed by atoms with van der Waals surface area (Å²) in [6.45, 7) is 2.74. The van der Waals surface area contributed by atoms with Gasteiger partial charge < -0.3 is 5.32 Å². The number of rotatable bonds is 5. The Kier molecular flexibility index (Phi) is 4.50. The number of carbonyl (C=O) groups is 1. The molecule has 1 saturated carbocycles. The van der Waals surface area contributed by atoms with Gasteiger partial charge in [-0.3, -0.25) is 4.79 Å². The van der Waals surface area contributed by atoms with Crippen LogP contribution >= 0.6 is 11.6 Å². The fraction of sp³-hybridized carbons (Fsp3) is 0.467.